The largest absolute Gasteiger partial charge is 0.469 e. The van der Waals surface area contributed by atoms with Crippen LogP contribution >= 0.6 is 0 Å². The van der Waals surface area contributed by atoms with Crippen LogP contribution in [0.3, 0.4) is 0 Å². The lowest BCUT2D eigenvalue weighted by molar-refractivity contribution is 0.159. The number of rotatable bonds is 4. The van der Waals surface area contributed by atoms with Crippen LogP contribution in [0.4, 0.5) is 0 Å². The van der Waals surface area contributed by atoms with Crippen molar-refractivity contribution in [2.24, 2.45) is 5.92 Å². The summed E-state index contributed by atoms with van der Waals surface area (Å²) in [6, 6.07) is 1.98. The van der Waals surface area contributed by atoms with Crippen molar-refractivity contribution >= 4 is 0 Å². The van der Waals surface area contributed by atoms with Gasteiger partial charge in [0.1, 0.15) is 5.76 Å². The van der Waals surface area contributed by atoms with E-state index in [4.69, 9.17) is 4.42 Å². The summed E-state index contributed by atoms with van der Waals surface area (Å²) in [6.45, 7) is 8.20. The minimum absolute atomic E-state index is 0.271. The highest BCUT2D eigenvalue weighted by Crippen LogP contribution is 2.31. The molecule has 0 amide bonds. The topological polar surface area (TPSA) is 33.4 Å². The third-order valence-corrected chi connectivity index (χ3v) is 2.64. The van der Waals surface area contributed by atoms with Gasteiger partial charge in [0.05, 0.1) is 12.4 Å². The Morgan fingerprint density at radius 1 is 1.36 bits per heavy atom. The molecule has 0 aliphatic carbocycles. The van der Waals surface area contributed by atoms with E-state index in [2.05, 4.69) is 20.8 Å². The van der Waals surface area contributed by atoms with Gasteiger partial charge in [0.15, 0.2) is 0 Å². The van der Waals surface area contributed by atoms with E-state index in [9.17, 15) is 5.11 Å². The molecule has 2 nitrogen and oxygen atoms in total. The van der Waals surface area contributed by atoms with E-state index in [0.29, 0.717) is 11.8 Å². The molecule has 0 spiro atoms. The predicted molar refractivity (Wildman–Crippen MR) is 57.3 cm³/mol. The highest BCUT2D eigenvalue weighted by molar-refractivity contribution is 5.19. The number of aliphatic hydroxyl groups excluding tert-OH is 1. The van der Waals surface area contributed by atoms with Crippen LogP contribution < -0.4 is 0 Å². The van der Waals surface area contributed by atoms with Gasteiger partial charge in [-0.1, -0.05) is 13.8 Å². The highest BCUT2D eigenvalue weighted by atomic mass is 16.3. The van der Waals surface area contributed by atoms with Crippen LogP contribution in [0.1, 0.15) is 44.4 Å². The van der Waals surface area contributed by atoms with Gasteiger partial charge in [-0.2, -0.15) is 0 Å². The summed E-state index contributed by atoms with van der Waals surface area (Å²) in [6.07, 6.45) is 2.22. The molecular weight excluding hydrogens is 176 g/mol. The average Bonchev–Trinajstić information content (AvgIpc) is 2.46. The fourth-order valence-corrected chi connectivity index (χ4v) is 1.81. The van der Waals surface area contributed by atoms with Crippen molar-refractivity contribution in [2.45, 2.75) is 46.1 Å². The van der Waals surface area contributed by atoms with Crippen LogP contribution in [-0.4, -0.2) is 11.2 Å². The molecule has 1 aromatic heterocycles. The summed E-state index contributed by atoms with van der Waals surface area (Å²) in [5, 5.41) is 9.42. The zero-order chi connectivity index (χ0) is 10.7. The standard InChI is InChI=1S/C12H20O2/c1-8(2)11(7-10(4)13)12-9(3)5-6-14-12/h5-6,8,10-11,13H,7H2,1-4H3. The number of furan rings is 1. The first kappa shape index (κ1) is 11.3. The first-order valence-corrected chi connectivity index (χ1v) is 5.24. The van der Waals surface area contributed by atoms with Crippen LogP contribution in [-0.2, 0) is 0 Å². The Kier molecular flexibility index (Phi) is 3.76. The lowest BCUT2D eigenvalue weighted by Crippen LogP contribution is -2.14. The Balaban J connectivity index is 2.83. The fourth-order valence-electron chi connectivity index (χ4n) is 1.81. The maximum Gasteiger partial charge on any atom is 0.110 e. The molecule has 0 saturated heterocycles. The smallest absolute Gasteiger partial charge is 0.110 e. The average molecular weight is 196 g/mol. The molecule has 0 bridgehead atoms. The Labute approximate surface area is 85.9 Å². The van der Waals surface area contributed by atoms with Crippen molar-refractivity contribution < 1.29 is 9.52 Å². The molecule has 1 heterocycles. The molecule has 2 atom stereocenters. The summed E-state index contributed by atoms with van der Waals surface area (Å²) in [5.74, 6) is 1.85. The zero-order valence-corrected chi connectivity index (χ0v) is 9.45. The van der Waals surface area contributed by atoms with Crippen molar-refractivity contribution in [3.63, 3.8) is 0 Å². The van der Waals surface area contributed by atoms with E-state index in [-0.39, 0.29) is 6.10 Å². The molecule has 0 saturated carbocycles. The molecule has 14 heavy (non-hydrogen) atoms. The number of hydrogen-bond acceptors (Lipinski definition) is 2. The van der Waals surface area contributed by atoms with Crippen molar-refractivity contribution in [1.82, 2.24) is 0 Å². The normalized spacial score (nSPS) is 15.9. The van der Waals surface area contributed by atoms with Gasteiger partial charge >= 0.3 is 0 Å². The van der Waals surface area contributed by atoms with Gasteiger partial charge in [-0.05, 0) is 37.8 Å². The van der Waals surface area contributed by atoms with E-state index in [1.54, 1.807) is 6.26 Å². The van der Waals surface area contributed by atoms with Crippen LogP contribution in [0.15, 0.2) is 16.7 Å². The first-order chi connectivity index (χ1) is 6.52. The maximum absolute atomic E-state index is 9.42. The molecular formula is C12H20O2. The van der Waals surface area contributed by atoms with Crippen molar-refractivity contribution in [3.8, 4) is 0 Å². The van der Waals surface area contributed by atoms with Gasteiger partial charge in [-0.25, -0.2) is 0 Å². The molecule has 1 rings (SSSR count). The third kappa shape index (κ3) is 2.61. The van der Waals surface area contributed by atoms with Crippen molar-refractivity contribution in [2.75, 3.05) is 0 Å². The van der Waals surface area contributed by atoms with E-state index < -0.39 is 0 Å². The van der Waals surface area contributed by atoms with Gasteiger partial charge in [0, 0.05) is 5.92 Å². The van der Waals surface area contributed by atoms with Crippen LogP contribution in [0.5, 0.6) is 0 Å². The molecule has 0 aliphatic heterocycles. The molecule has 0 radical (unpaired) electrons. The van der Waals surface area contributed by atoms with E-state index >= 15 is 0 Å². The van der Waals surface area contributed by atoms with Gasteiger partial charge < -0.3 is 9.52 Å². The first-order valence-electron chi connectivity index (χ1n) is 5.24. The number of aryl methyl sites for hydroxylation is 1. The quantitative estimate of drug-likeness (QED) is 0.802. The summed E-state index contributed by atoms with van der Waals surface area (Å²) < 4.78 is 5.48. The van der Waals surface area contributed by atoms with E-state index in [1.807, 2.05) is 13.0 Å². The predicted octanol–water partition coefficient (Wildman–Crippen LogP) is 3.10. The highest BCUT2D eigenvalue weighted by Gasteiger charge is 2.22. The van der Waals surface area contributed by atoms with Gasteiger partial charge in [-0.15, -0.1) is 0 Å². The summed E-state index contributed by atoms with van der Waals surface area (Å²) in [4.78, 5) is 0. The second kappa shape index (κ2) is 4.65. The van der Waals surface area contributed by atoms with Gasteiger partial charge in [0.2, 0.25) is 0 Å². The molecule has 0 aromatic carbocycles. The minimum Gasteiger partial charge on any atom is -0.469 e. The van der Waals surface area contributed by atoms with Gasteiger partial charge in [0.25, 0.3) is 0 Å². The Bertz CT molecular complexity index is 274. The summed E-state index contributed by atoms with van der Waals surface area (Å²) in [7, 11) is 0. The van der Waals surface area contributed by atoms with Gasteiger partial charge in [-0.3, -0.25) is 0 Å². The third-order valence-electron chi connectivity index (χ3n) is 2.64. The second-order valence-corrected chi connectivity index (χ2v) is 4.40. The lowest BCUT2D eigenvalue weighted by atomic mass is 9.87. The Morgan fingerprint density at radius 2 is 2.00 bits per heavy atom. The molecule has 2 heteroatoms. The van der Waals surface area contributed by atoms with Crippen molar-refractivity contribution in [3.05, 3.63) is 23.7 Å². The molecule has 0 aliphatic rings. The zero-order valence-electron chi connectivity index (χ0n) is 9.45. The van der Waals surface area contributed by atoms with E-state index in [1.165, 1.54) is 5.56 Å². The summed E-state index contributed by atoms with van der Waals surface area (Å²) in [5.41, 5.74) is 1.18. The fraction of sp³-hybridized carbons (Fsp3) is 0.667. The summed E-state index contributed by atoms with van der Waals surface area (Å²) >= 11 is 0. The van der Waals surface area contributed by atoms with Crippen LogP contribution in [0.2, 0.25) is 0 Å². The number of hydrogen-bond donors (Lipinski definition) is 1. The Hall–Kier alpha value is -0.760. The van der Waals surface area contributed by atoms with Crippen LogP contribution in [0, 0.1) is 12.8 Å². The Morgan fingerprint density at radius 3 is 2.36 bits per heavy atom. The maximum atomic E-state index is 9.42. The second-order valence-electron chi connectivity index (χ2n) is 4.40. The monoisotopic (exact) mass is 196 g/mol. The van der Waals surface area contributed by atoms with E-state index in [0.717, 1.165) is 12.2 Å². The lowest BCUT2D eigenvalue weighted by Gasteiger charge is -2.20. The molecule has 0 fully saturated rings. The molecule has 1 N–H and O–H groups in total. The minimum atomic E-state index is -0.271. The number of aliphatic hydroxyl groups is 1. The van der Waals surface area contributed by atoms with Crippen molar-refractivity contribution in [1.29, 1.82) is 0 Å². The SMILES string of the molecule is Cc1ccoc1C(CC(C)O)C(C)C. The molecule has 80 valence electrons. The molecule has 2 unspecified atom stereocenters. The van der Waals surface area contributed by atoms with Crippen LogP contribution in [0.25, 0.3) is 0 Å². The molecule has 1 aromatic rings.